The van der Waals surface area contributed by atoms with Crippen molar-refractivity contribution in [3.8, 4) is 0 Å². The van der Waals surface area contributed by atoms with E-state index in [2.05, 4.69) is 9.97 Å². The normalized spacial score (nSPS) is 19.9. The minimum absolute atomic E-state index is 0.143. The van der Waals surface area contributed by atoms with Crippen LogP contribution >= 0.6 is 11.8 Å². The van der Waals surface area contributed by atoms with E-state index in [1.165, 1.54) is 18.0 Å². The number of rotatable bonds is 3. The summed E-state index contributed by atoms with van der Waals surface area (Å²) in [5.74, 6) is -1.00. The van der Waals surface area contributed by atoms with E-state index in [4.69, 9.17) is 9.84 Å². The van der Waals surface area contributed by atoms with Crippen molar-refractivity contribution in [1.29, 1.82) is 0 Å². The number of carboxylic acids is 1. The van der Waals surface area contributed by atoms with Crippen molar-refractivity contribution in [3.05, 3.63) is 17.5 Å². The maximum Gasteiger partial charge on any atom is 0.339 e. The lowest BCUT2D eigenvalue weighted by Crippen LogP contribution is -2.11. The summed E-state index contributed by atoms with van der Waals surface area (Å²) < 4.78 is 5.47. The standard InChI is InChI=1S/C10H12N2O3S/c1-16-10-11-5-6(9(13)14)8(12-10)7-3-2-4-15-7/h5,7H,2-4H2,1H3,(H,13,14)/t7-/m0/s1. The second-order valence-electron chi connectivity index (χ2n) is 3.46. The minimum atomic E-state index is -1.00. The first kappa shape index (κ1) is 11.3. The van der Waals surface area contributed by atoms with Gasteiger partial charge in [0.2, 0.25) is 0 Å². The predicted molar refractivity (Wildman–Crippen MR) is 58.7 cm³/mol. The molecule has 0 bridgehead atoms. The molecular weight excluding hydrogens is 228 g/mol. The lowest BCUT2D eigenvalue weighted by Gasteiger charge is -2.11. The maximum atomic E-state index is 11.0. The average Bonchev–Trinajstić information content (AvgIpc) is 2.81. The summed E-state index contributed by atoms with van der Waals surface area (Å²) >= 11 is 1.39. The van der Waals surface area contributed by atoms with Crippen LogP contribution < -0.4 is 0 Å². The summed E-state index contributed by atoms with van der Waals surface area (Å²) in [6.07, 6.45) is 4.79. The zero-order valence-electron chi connectivity index (χ0n) is 8.84. The third-order valence-electron chi connectivity index (χ3n) is 2.44. The largest absolute Gasteiger partial charge is 0.478 e. The first-order valence-electron chi connectivity index (χ1n) is 4.98. The van der Waals surface area contributed by atoms with E-state index >= 15 is 0 Å². The highest BCUT2D eigenvalue weighted by molar-refractivity contribution is 7.98. The van der Waals surface area contributed by atoms with E-state index in [-0.39, 0.29) is 11.7 Å². The highest BCUT2D eigenvalue weighted by Crippen LogP contribution is 2.30. The van der Waals surface area contributed by atoms with Crippen LogP contribution in [0.15, 0.2) is 11.4 Å². The molecule has 0 aliphatic carbocycles. The molecule has 0 radical (unpaired) electrons. The number of hydrogen-bond donors (Lipinski definition) is 1. The Hall–Kier alpha value is -1.14. The minimum Gasteiger partial charge on any atom is -0.478 e. The van der Waals surface area contributed by atoms with E-state index in [1.54, 1.807) is 0 Å². The van der Waals surface area contributed by atoms with Crippen molar-refractivity contribution >= 4 is 17.7 Å². The molecule has 5 nitrogen and oxygen atoms in total. The SMILES string of the molecule is CSc1ncc(C(=O)O)c([C@@H]2CCCO2)n1. The first-order valence-corrected chi connectivity index (χ1v) is 6.20. The monoisotopic (exact) mass is 240 g/mol. The van der Waals surface area contributed by atoms with Gasteiger partial charge >= 0.3 is 5.97 Å². The van der Waals surface area contributed by atoms with Gasteiger partial charge in [0, 0.05) is 12.8 Å². The van der Waals surface area contributed by atoms with E-state index in [0.29, 0.717) is 17.5 Å². The Bertz CT molecular complexity index is 405. The summed E-state index contributed by atoms with van der Waals surface area (Å²) in [5.41, 5.74) is 0.647. The molecule has 1 aliphatic heterocycles. The average molecular weight is 240 g/mol. The van der Waals surface area contributed by atoms with Crippen molar-refractivity contribution in [2.24, 2.45) is 0 Å². The Balaban J connectivity index is 2.40. The van der Waals surface area contributed by atoms with Crippen molar-refractivity contribution in [3.63, 3.8) is 0 Å². The van der Waals surface area contributed by atoms with Gasteiger partial charge in [-0.15, -0.1) is 0 Å². The zero-order valence-corrected chi connectivity index (χ0v) is 9.66. The highest BCUT2D eigenvalue weighted by atomic mass is 32.2. The number of aromatic carboxylic acids is 1. The van der Waals surface area contributed by atoms with Gasteiger partial charge < -0.3 is 9.84 Å². The summed E-state index contributed by atoms with van der Waals surface area (Å²) in [5, 5.41) is 9.63. The van der Waals surface area contributed by atoms with Crippen molar-refractivity contribution < 1.29 is 14.6 Å². The highest BCUT2D eigenvalue weighted by Gasteiger charge is 2.25. The Morgan fingerprint density at radius 1 is 1.69 bits per heavy atom. The van der Waals surface area contributed by atoms with Gasteiger partial charge in [-0.3, -0.25) is 0 Å². The molecule has 1 saturated heterocycles. The van der Waals surface area contributed by atoms with Crippen molar-refractivity contribution in [2.75, 3.05) is 12.9 Å². The molecule has 1 aliphatic rings. The van der Waals surface area contributed by atoms with Crippen LogP contribution in [-0.4, -0.2) is 33.9 Å². The summed E-state index contributed by atoms with van der Waals surface area (Å²) in [6, 6.07) is 0. The van der Waals surface area contributed by atoms with Gasteiger partial charge in [0.15, 0.2) is 5.16 Å². The second kappa shape index (κ2) is 4.80. The Morgan fingerprint density at radius 3 is 3.06 bits per heavy atom. The van der Waals surface area contributed by atoms with Crippen LogP contribution in [-0.2, 0) is 4.74 Å². The van der Waals surface area contributed by atoms with Crippen LogP contribution in [0.2, 0.25) is 0 Å². The third kappa shape index (κ3) is 2.17. The molecule has 1 fully saturated rings. The van der Waals surface area contributed by atoms with Crippen LogP contribution in [0.5, 0.6) is 0 Å². The van der Waals surface area contributed by atoms with E-state index < -0.39 is 5.97 Å². The van der Waals surface area contributed by atoms with Gasteiger partial charge in [0.05, 0.1) is 5.69 Å². The topological polar surface area (TPSA) is 72.3 Å². The van der Waals surface area contributed by atoms with Crippen molar-refractivity contribution in [1.82, 2.24) is 9.97 Å². The number of thioether (sulfide) groups is 1. The fourth-order valence-corrected chi connectivity index (χ4v) is 2.03. The fourth-order valence-electron chi connectivity index (χ4n) is 1.68. The number of carbonyl (C=O) groups is 1. The van der Waals surface area contributed by atoms with Crippen LogP contribution in [0, 0.1) is 0 Å². The number of ether oxygens (including phenoxy) is 1. The number of carboxylic acid groups (broad SMARTS) is 1. The molecule has 0 amide bonds. The number of nitrogens with zero attached hydrogens (tertiary/aromatic N) is 2. The number of aromatic nitrogens is 2. The number of hydrogen-bond acceptors (Lipinski definition) is 5. The molecule has 0 saturated carbocycles. The van der Waals surface area contributed by atoms with E-state index in [1.807, 2.05) is 6.26 Å². The lowest BCUT2D eigenvalue weighted by atomic mass is 10.1. The van der Waals surface area contributed by atoms with Crippen LogP contribution in [0.1, 0.15) is 35.0 Å². The van der Waals surface area contributed by atoms with Gasteiger partial charge in [-0.1, -0.05) is 11.8 Å². The van der Waals surface area contributed by atoms with Crippen molar-refractivity contribution in [2.45, 2.75) is 24.1 Å². The molecule has 1 aromatic heterocycles. The zero-order chi connectivity index (χ0) is 11.5. The molecule has 2 rings (SSSR count). The molecule has 0 spiro atoms. The summed E-state index contributed by atoms with van der Waals surface area (Å²) in [7, 11) is 0. The van der Waals surface area contributed by atoms with Crippen LogP contribution in [0.3, 0.4) is 0 Å². The molecule has 2 heterocycles. The molecule has 1 atom stereocenters. The maximum absolute atomic E-state index is 11.0. The van der Waals surface area contributed by atoms with E-state index in [0.717, 1.165) is 12.8 Å². The predicted octanol–water partition coefficient (Wildman–Crippen LogP) is 1.75. The molecule has 16 heavy (non-hydrogen) atoms. The molecule has 6 heteroatoms. The molecule has 0 aromatic carbocycles. The van der Waals surface area contributed by atoms with Crippen LogP contribution in [0.4, 0.5) is 0 Å². The van der Waals surface area contributed by atoms with Gasteiger partial charge in [-0.05, 0) is 19.1 Å². The van der Waals surface area contributed by atoms with Crippen LogP contribution in [0.25, 0.3) is 0 Å². The Kier molecular flexibility index (Phi) is 3.40. The Labute approximate surface area is 97.2 Å². The molecule has 0 unspecified atom stereocenters. The van der Waals surface area contributed by atoms with Gasteiger partial charge in [-0.2, -0.15) is 0 Å². The smallest absolute Gasteiger partial charge is 0.339 e. The first-order chi connectivity index (χ1) is 7.72. The van der Waals surface area contributed by atoms with Gasteiger partial charge in [0.25, 0.3) is 0 Å². The van der Waals surface area contributed by atoms with Gasteiger partial charge in [0.1, 0.15) is 11.7 Å². The molecular formula is C10H12N2O3S. The summed E-state index contributed by atoms with van der Waals surface area (Å²) in [4.78, 5) is 19.2. The molecule has 86 valence electrons. The molecule has 1 N–H and O–H groups in total. The lowest BCUT2D eigenvalue weighted by molar-refractivity contribution is 0.0677. The molecule has 1 aromatic rings. The second-order valence-corrected chi connectivity index (χ2v) is 4.24. The summed E-state index contributed by atoms with van der Waals surface area (Å²) in [6.45, 7) is 0.669. The van der Waals surface area contributed by atoms with E-state index in [9.17, 15) is 4.79 Å². The van der Waals surface area contributed by atoms with Gasteiger partial charge in [-0.25, -0.2) is 14.8 Å². The third-order valence-corrected chi connectivity index (χ3v) is 3.01. The Morgan fingerprint density at radius 2 is 2.50 bits per heavy atom. The fraction of sp³-hybridized carbons (Fsp3) is 0.500. The quantitative estimate of drug-likeness (QED) is 0.641.